The van der Waals surface area contributed by atoms with Gasteiger partial charge in [-0.3, -0.25) is 9.59 Å². The van der Waals surface area contributed by atoms with Crippen molar-refractivity contribution in [1.82, 2.24) is 19.7 Å². The molecule has 0 saturated carbocycles. The Kier molecular flexibility index (Phi) is 7.88. The van der Waals surface area contributed by atoms with E-state index in [0.717, 1.165) is 18.4 Å². The zero-order chi connectivity index (χ0) is 27.4. The number of hydrogen-bond donors (Lipinski definition) is 1. The van der Waals surface area contributed by atoms with Crippen molar-refractivity contribution in [3.05, 3.63) is 101 Å². The molecule has 0 unspecified atom stereocenters. The molecular weight excluding hydrogens is 521 g/mol. The third-order valence-corrected chi connectivity index (χ3v) is 7.24. The molecule has 3 heterocycles. The smallest absolute Gasteiger partial charge is 0.255 e. The molecule has 2 amide bonds. The number of methoxy groups -OCH3 is 1. The van der Waals surface area contributed by atoms with Crippen LogP contribution in [0.3, 0.4) is 0 Å². The summed E-state index contributed by atoms with van der Waals surface area (Å²) >= 11 is 6.10. The van der Waals surface area contributed by atoms with Gasteiger partial charge >= 0.3 is 0 Å². The number of anilines is 1. The van der Waals surface area contributed by atoms with Crippen LogP contribution in [0.15, 0.2) is 73.2 Å². The summed E-state index contributed by atoms with van der Waals surface area (Å²) in [5, 5.41) is 7.12. The molecule has 39 heavy (non-hydrogen) atoms. The Bertz CT molecular complexity index is 1450. The number of aromatic nitrogens is 3. The number of halogens is 2. The molecule has 0 radical (unpaired) electrons. The van der Waals surface area contributed by atoms with E-state index >= 15 is 0 Å². The van der Waals surface area contributed by atoms with E-state index < -0.39 is 5.82 Å². The Morgan fingerprint density at radius 1 is 1.10 bits per heavy atom. The maximum absolute atomic E-state index is 14.5. The minimum atomic E-state index is -0.636. The van der Waals surface area contributed by atoms with Crippen molar-refractivity contribution < 1.29 is 18.7 Å². The molecule has 0 atom stereocenters. The highest BCUT2D eigenvalue weighted by molar-refractivity contribution is 6.31. The molecule has 10 heteroatoms. The lowest BCUT2D eigenvalue weighted by Crippen LogP contribution is -2.38. The quantitative estimate of drug-likeness (QED) is 0.340. The van der Waals surface area contributed by atoms with Crippen molar-refractivity contribution in [3.8, 4) is 11.6 Å². The minimum Gasteiger partial charge on any atom is -0.494 e. The van der Waals surface area contributed by atoms with Crippen LogP contribution in [0.1, 0.15) is 40.2 Å². The van der Waals surface area contributed by atoms with E-state index in [9.17, 15) is 14.0 Å². The maximum Gasteiger partial charge on any atom is 0.255 e. The van der Waals surface area contributed by atoms with Gasteiger partial charge in [-0.1, -0.05) is 23.7 Å². The number of amides is 2. The van der Waals surface area contributed by atoms with Crippen molar-refractivity contribution in [2.75, 3.05) is 25.5 Å². The first-order valence-corrected chi connectivity index (χ1v) is 13.0. The molecule has 2 aromatic heterocycles. The number of ether oxygens (including phenoxy) is 1. The predicted octanol–water partition coefficient (Wildman–Crippen LogP) is 5.27. The molecule has 200 valence electrons. The Hall–Kier alpha value is -4.24. The highest BCUT2D eigenvalue weighted by Gasteiger charge is 2.25. The number of nitrogens with one attached hydrogen (secondary N) is 1. The summed E-state index contributed by atoms with van der Waals surface area (Å²) in [6, 6.07) is 15.9. The van der Waals surface area contributed by atoms with Crippen LogP contribution >= 0.6 is 11.6 Å². The predicted molar refractivity (Wildman–Crippen MR) is 146 cm³/mol. The number of likely N-dealkylation sites (tertiary alicyclic amines) is 1. The van der Waals surface area contributed by atoms with Gasteiger partial charge in [0.1, 0.15) is 0 Å². The standard InChI is InChI=1S/C29H27ClFN5O3/c1-39-25-9-8-24(30)23(28(25)31)17-27(37)34-22-6-3-19(4-7-22)20-11-15-35(16-12-20)29(38)21-5-10-26(32-18-21)36-14-2-13-33-36/h2-10,13-14,18,20H,11-12,15-17H2,1H3,(H,34,37). The largest absolute Gasteiger partial charge is 0.494 e. The number of piperidine rings is 1. The van der Waals surface area contributed by atoms with E-state index in [1.165, 1.54) is 19.2 Å². The topological polar surface area (TPSA) is 89.4 Å². The highest BCUT2D eigenvalue weighted by atomic mass is 35.5. The molecule has 1 aliphatic heterocycles. The molecule has 8 nitrogen and oxygen atoms in total. The summed E-state index contributed by atoms with van der Waals surface area (Å²) in [6.07, 6.45) is 6.53. The number of nitrogens with zero attached hydrogens (tertiary/aromatic N) is 4. The third kappa shape index (κ3) is 5.93. The molecule has 1 N–H and O–H groups in total. The zero-order valence-corrected chi connectivity index (χ0v) is 22.1. The van der Waals surface area contributed by atoms with Gasteiger partial charge < -0.3 is 15.0 Å². The van der Waals surface area contributed by atoms with E-state index in [1.807, 2.05) is 35.2 Å². The minimum absolute atomic E-state index is 0.0291. The Labute approximate surface area is 230 Å². The maximum atomic E-state index is 14.5. The van der Waals surface area contributed by atoms with E-state index in [0.29, 0.717) is 36.1 Å². The third-order valence-electron chi connectivity index (χ3n) is 6.89. The van der Waals surface area contributed by atoms with E-state index in [4.69, 9.17) is 16.3 Å². The van der Waals surface area contributed by atoms with Gasteiger partial charge in [0, 0.05) is 48.0 Å². The molecule has 1 fully saturated rings. The van der Waals surface area contributed by atoms with Crippen LogP contribution in [0.2, 0.25) is 5.02 Å². The van der Waals surface area contributed by atoms with Crippen molar-refractivity contribution in [2.45, 2.75) is 25.2 Å². The van der Waals surface area contributed by atoms with E-state index in [1.54, 1.807) is 35.4 Å². The first-order chi connectivity index (χ1) is 18.9. The SMILES string of the molecule is COc1ccc(Cl)c(CC(=O)Nc2ccc(C3CCN(C(=O)c4ccc(-n5cccn5)nc4)CC3)cc2)c1F. The van der Waals surface area contributed by atoms with Gasteiger partial charge in [-0.2, -0.15) is 5.10 Å². The summed E-state index contributed by atoms with van der Waals surface area (Å²) in [6.45, 7) is 1.30. The molecule has 5 rings (SSSR count). The summed E-state index contributed by atoms with van der Waals surface area (Å²) in [7, 11) is 1.36. The fraction of sp³-hybridized carbons (Fsp3) is 0.241. The first-order valence-electron chi connectivity index (χ1n) is 12.6. The summed E-state index contributed by atoms with van der Waals surface area (Å²) in [5.74, 6) is -0.0357. The molecule has 1 saturated heterocycles. The van der Waals surface area contributed by atoms with Gasteiger partial charge in [-0.05, 0) is 66.8 Å². The Morgan fingerprint density at radius 2 is 1.87 bits per heavy atom. The monoisotopic (exact) mass is 547 g/mol. The lowest BCUT2D eigenvalue weighted by atomic mass is 9.89. The highest BCUT2D eigenvalue weighted by Crippen LogP contribution is 2.30. The van der Waals surface area contributed by atoms with Gasteiger partial charge in [0.25, 0.3) is 5.91 Å². The molecule has 2 aromatic carbocycles. The number of carbonyl (C=O) groups excluding carboxylic acids is 2. The van der Waals surface area contributed by atoms with Crippen LogP contribution in [0.4, 0.5) is 10.1 Å². The second-order valence-electron chi connectivity index (χ2n) is 9.31. The number of hydrogen-bond acceptors (Lipinski definition) is 5. The number of pyridine rings is 1. The van der Waals surface area contributed by atoms with E-state index in [2.05, 4.69) is 15.4 Å². The fourth-order valence-electron chi connectivity index (χ4n) is 4.75. The van der Waals surface area contributed by atoms with Crippen LogP contribution in [-0.4, -0.2) is 51.7 Å². The molecule has 0 spiro atoms. The van der Waals surface area contributed by atoms with Crippen LogP contribution in [0.5, 0.6) is 5.75 Å². The zero-order valence-electron chi connectivity index (χ0n) is 21.3. The fourth-order valence-corrected chi connectivity index (χ4v) is 4.96. The molecule has 4 aromatic rings. The number of rotatable bonds is 7. The molecular formula is C29H27ClFN5O3. The Balaban J connectivity index is 1.14. The summed E-state index contributed by atoms with van der Waals surface area (Å²) < 4.78 is 21.1. The number of carbonyl (C=O) groups is 2. The van der Waals surface area contributed by atoms with Gasteiger partial charge in [0.05, 0.1) is 19.1 Å². The summed E-state index contributed by atoms with van der Waals surface area (Å²) in [5.41, 5.74) is 2.41. The van der Waals surface area contributed by atoms with Crippen LogP contribution in [-0.2, 0) is 11.2 Å². The molecule has 0 bridgehead atoms. The lowest BCUT2D eigenvalue weighted by Gasteiger charge is -2.32. The second-order valence-corrected chi connectivity index (χ2v) is 9.72. The molecule has 1 aliphatic rings. The lowest BCUT2D eigenvalue weighted by molar-refractivity contribution is -0.115. The van der Waals surface area contributed by atoms with Gasteiger partial charge in [-0.15, -0.1) is 0 Å². The average Bonchev–Trinajstić information content (AvgIpc) is 3.51. The van der Waals surface area contributed by atoms with Gasteiger partial charge in [0.2, 0.25) is 5.91 Å². The average molecular weight is 548 g/mol. The van der Waals surface area contributed by atoms with Crippen LogP contribution < -0.4 is 10.1 Å². The first kappa shape index (κ1) is 26.4. The Morgan fingerprint density at radius 3 is 2.51 bits per heavy atom. The van der Waals surface area contributed by atoms with Crippen LogP contribution in [0.25, 0.3) is 5.82 Å². The second kappa shape index (κ2) is 11.7. The van der Waals surface area contributed by atoms with Crippen molar-refractivity contribution in [2.24, 2.45) is 0 Å². The van der Waals surface area contributed by atoms with E-state index in [-0.39, 0.29) is 34.6 Å². The van der Waals surface area contributed by atoms with Crippen LogP contribution in [0, 0.1) is 5.82 Å². The number of benzene rings is 2. The van der Waals surface area contributed by atoms with Crippen molar-refractivity contribution in [3.63, 3.8) is 0 Å². The van der Waals surface area contributed by atoms with Gasteiger partial charge in [0.15, 0.2) is 17.4 Å². The molecule has 0 aliphatic carbocycles. The van der Waals surface area contributed by atoms with Crippen molar-refractivity contribution >= 4 is 29.1 Å². The van der Waals surface area contributed by atoms with Gasteiger partial charge in [-0.25, -0.2) is 14.1 Å². The van der Waals surface area contributed by atoms with Crippen molar-refractivity contribution in [1.29, 1.82) is 0 Å². The summed E-state index contributed by atoms with van der Waals surface area (Å²) in [4.78, 5) is 31.7. The normalized spacial score (nSPS) is 13.8.